The number of rotatable bonds is 9. The molecule has 1 aromatic heterocycles. The number of carbonyl (C=O) groups excluding carboxylic acids is 2. The van der Waals surface area contributed by atoms with Crippen LogP contribution in [0.2, 0.25) is 0 Å². The van der Waals surface area contributed by atoms with Crippen LogP contribution >= 0.6 is 0 Å². The van der Waals surface area contributed by atoms with Gasteiger partial charge in [0.1, 0.15) is 18.2 Å². The zero-order chi connectivity index (χ0) is 18.4. The van der Waals surface area contributed by atoms with Gasteiger partial charge in [-0.15, -0.1) is 0 Å². The summed E-state index contributed by atoms with van der Waals surface area (Å²) in [6, 6.07) is 7.24. The number of nitrogens with one attached hydrogen (secondary N) is 2. The van der Waals surface area contributed by atoms with Crippen molar-refractivity contribution in [2.45, 2.75) is 32.3 Å². The summed E-state index contributed by atoms with van der Waals surface area (Å²) in [6.07, 6.45) is 6.60. The first-order valence-corrected chi connectivity index (χ1v) is 8.88. The van der Waals surface area contributed by atoms with E-state index in [1.807, 2.05) is 29.9 Å². The van der Waals surface area contributed by atoms with Gasteiger partial charge in [0.05, 0.1) is 0 Å². The summed E-state index contributed by atoms with van der Waals surface area (Å²) < 4.78 is 7.59. The van der Waals surface area contributed by atoms with Gasteiger partial charge in [-0.2, -0.15) is 0 Å². The molecule has 138 valence electrons. The first-order valence-electron chi connectivity index (χ1n) is 8.88. The van der Waals surface area contributed by atoms with E-state index in [4.69, 9.17) is 4.74 Å². The van der Waals surface area contributed by atoms with Gasteiger partial charge in [0, 0.05) is 44.0 Å². The van der Waals surface area contributed by atoms with Crippen LogP contribution in [0.15, 0.2) is 36.7 Å². The van der Waals surface area contributed by atoms with Crippen molar-refractivity contribution in [1.29, 1.82) is 0 Å². The number of benzene rings is 1. The highest BCUT2D eigenvalue weighted by Gasteiger charge is 2.28. The third-order valence-corrected chi connectivity index (χ3v) is 4.25. The molecule has 3 rings (SSSR count). The van der Waals surface area contributed by atoms with Crippen LogP contribution in [-0.2, 0) is 23.2 Å². The van der Waals surface area contributed by atoms with E-state index in [-0.39, 0.29) is 17.7 Å². The second kappa shape index (κ2) is 8.51. The number of amides is 2. The molecule has 1 heterocycles. The second-order valence-electron chi connectivity index (χ2n) is 6.48. The first-order chi connectivity index (χ1) is 12.6. The standard InChI is InChI=1S/C19H24N4O3/c1-23-12-11-20-17(23)13-26-16-8-6-15(7-9-16)22-18(24)3-2-10-21-19(25)14-4-5-14/h6-9,11-12,14H,2-5,10,13H2,1H3,(H,21,25)(H,22,24). The topological polar surface area (TPSA) is 85.2 Å². The van der Waals surface area contributed by atoms with Gasteiger partial charge < -0.3 is 19.9 Å². The molecule has 2 aromatic rings. The van der Waals surface area contributed by atoms with Crippen molar-refractivity contribution in [3.8, 4) is 5.75 Å². The summed E-state index contributed by atoms with van der Waals surface area (Å²) in [6.45, 7) is 0.935. The number of hydrogen-bond acceptors (Lipinski definition) is 4. The van der Waals surface area contributed by atoms with E-state index in [2.05, 4.69) is 15.6 Å². The Morgan fingerprint density at radius 2 is 2.04 bits per heavy atom. The summed E-state index contributed by atoms with van der Waals surface area (Å²) in [5.74, 6) is 1.82. The SMILES string of the molecule is Cn1ccnc1COc1ccc(NC(=O)CCCNC(=O)C2CC2)cc1. The van der Waals surface area contributed by atoms with E-state index in [9.17, 15) is 9.59 Å². The largest absolute Gasteiger partial charge is 0.486 e. The lowest BCUT2D eigenvalue weighted by molar-refractivity contribution is -0.122. The maximum Gasteiger partial charge on any atom is 0.224 e. The molecular formula is C19H24N4O3. The van der Waals surface area contributed by atoms with Gasteiger partial charge >= 0.3 is 0 Å². The molecule has 0 spiro atoms. The summed E-state index contributed by atoms with van der Waals surface area (Å²) in [7, 11) is 1.92. The zero-order valence-corrected chi connectivity index (χ0v) is 14.9. The molecule has 7 nitrogen and oxygen atoms in total. The Labute approximate surface area is 152 Å². The average molecular weight is 356 g/mol. The van der Waals surface area contributed by atoms with Crippen molar-refractivity contribution in [3.05, 3.63) is 42.5 Å². The van der Waals surface area contributed by atoms with E-state index in [1.165, 1.54) is 0 Å². The highest BCUT2D eigenvalue weighted by Crippen LogP contribution is 2.28. The van der Waals surface area contributed by atoms with E-state index < -0.39 is 0 Å². The molecule has 26 heavy (non-hydrogen) atoms. The van der Waals surface area contributed by atoms with Crippen molar-refractivity contribution in [2.24, 2.45) is 13.0 Å². The Kier molecular flexibility index (Phi) is 5.88. The maximum atomic E-state index is 11.9. The molecule has 1 aliphatic rings. The van der Waals surface area contributed by atoms with Gasteiger partial charge in [0.25, 0.3) is 0 Å². The van der Waals surface area contributed by atoms with Gasteiger partial charge in [0.2, 0.25) is 11.8 Å². The average Bonchev–Trinajstić information content (AvgIpc) is 3.41. The van der Waals surface area contributed by atoms with Gasteiger partial charge in [0.15, 0.2) is 0 Å². The van der Waals surface area contributed by atoms with Crippen molar-refractivity contribution in [2.75, 3.05) is 11.9 Å². The number of carbonyl (C=O) groups is 2. The highest BCUT2D eigenvalue weighted by molar-refractivity contribution is 5.90. The fourth-order valence-electron chi connectivity index (χ4n) is 2.49. The maximum absolute atomic E-state index is 11.9. The van der Waals surface area contributed by atoms with E-state index >= 15 is 0 Å². The van der Waals surface area contributed by atoms with Crippen LogP contribution in [0.4, 0.5) is 5.69 Å². The van der Waals surface area contributed by atoms with Crippen molar-refractivity contribution >= 4 is 17.5 Å². The Morgan fingerprint density at radius 3 is 2.69 bits per heavy atom. The van der Waals surface area contributed by atoms with Gasteiger partial charge in [-0.25, -0.2) is 4.98 Å². The van der Waals surface area contributed by atoms with E-state index in [0.29, 0.717) is 31.7 Å². The molecule has 0 saturated heterocycles. The molecule has 1 aliphatic carbocycles. The first kappa shape index (κ1) is 18.0. The minimum absolute atomic E-state index is 0.0626. The molecule has 0 bridgehead atoms. The van der Waals surface area contributed by atoms with Crippen LogP contribution in [0.5, 0.6) is 5.75 Å². The van der Waals surface area contributed by atoms with Crippen LogP contribution < -0.4 is 15.4 Å². The van der Waals surface area contributed by atoms with E-state index in [0.717, 1.165) is 24.4 Å². The monoisotopic (exact) mass is 356 g/mol. The smallest absolute Gasteiger partial charge is 0.224 e. The Bertz CT molecular complexity index is 750. The van der Waals surface area contributed by atoms with Crippen LogP contribution in [0.1, 0.15) is 31.5 Å². The minimum atomic E-state index is -0.0626. The van der Waals surface area contributed by atoms with Crippen molar-refractivity contribution < 1.29 is 14.3 Å². The Morgan fingerprint density at radius 1 is 1.27 bits per heavy atom. The fraction of sp³-hybridized carbons (Fsp3) is 0.421. The molecule has 1 aromatic carbocycles. The molecule has 2 N–H and O–H groups in total. The molecule has 1 saturated carbocycles. The third kappa shape index (κ3) is 5.34. The molecule has 1 fully saturated rings. The number of aryl methyl sites for hydroxylation is 1. The Hall–Kier alpha value is -2.83. The molecular weight excluding hydrogens is 332 g/mol. The zero-order valence-electron chi connectivity index (χ0n) is 14.9. The summed E-state index contributed by atoms with van der Waals surface area (Å²) in [4.78, 5) is 27.6. The number of ether oxygens (including phenoxy) is 1. The second-order valence-corrected chi connectivity index (χ2v) is 6.48. The molecule has 7 heteroatoms. The summed E-state index contributed by atoms with van der Waals surface area (Å²) >= 11 is 0. The number of aromatic nitrogens is 2. The summed E-state index contributed by atoms with van der Waals surface area (Å²) in [5.41, 5.74) is 0.723. The molecule has 0 unspecified atom stereocenters. The molecule has 0 radical (unpaired) electrons. The molecule has 0 aliphatic heterocycles. The lowest BCUT2D eigenvalue weighted by Crippen LogP contribution is -2.26. The molecule has 0 atom stereocenters. The lowest BCUT2D eigenvalue weighted by atomic mass is 10.2. The Balaban J connectivity index is 1.35. The van der Waals surface area contributed by atoms with Crippen LogP contribution in [0.25, 0.3) is 0 Å². The predicted octanol–water partition coefficient (Wildman–Crippen LogP) is 2.24. The number of anilines is 1. The minimum Gasteiger partial charge on any atom is -0.486 e. The van der Waals surface area contributed by atoms with Crippen molar-refractivity contribution in [3.63, 3.8) is 0 Å². The van der Waals surface area contributed by atoms with Crippen LogP contribution in [-0.4, -0.2) is 27.9 Å². The highest BCUT2D eigenvalue weighted by atomic mass is 16.5. The third-order valence-electron chi connectivity index (χ3n) is 4.25. The van der Waals surface area contributed by atoms with Gasteiger partial charge in [-0.05, 0) is 43.5 Å². The van der Waals surface area contributed by atoms with E-state index in [1.54, 1.807) is 18.3 Å². The summed E-state index contributed by atoms with van der Waals surface area (Å²) in [5, 5.41) is 5.71. The van der Waals surface area contributed by atoms with Crippen LogP contribution in [0, 0.1) is 5.92 Å². The number of imidazole rings is 1. The molecule has 2 amide bonds. The number of nitrogens with zero attached hydrogens (tertiary/aromatic N) is 2. The van der Waals surface area contributed by atoms with Gasteiger partial charge in [-0.3, -0.25) is 9.59 Å². The van der Waals surface area contributed by atoms with Crippen molar-refractivity contribution in [1.82, 2.24) is 14.9 Å². The van der Waals surface area contributed by atoms with Gasteiger partial charge in [-0.1, -0.05) is 0 Å². The number of hydrogen-bond donors (Lipinski definition) is 2. The fourth-order valence-corrected chi connectivity index (χ4v) is 2.49. The van der Waals surface area contributed by atoms with Crippen LogP contribution in [0.3, 0.4) is 0 Å². The lowest BCUT2D eigenvalue weighted by Gasteiger charge is -2.09. The normalized spacial score (nSPS) is 13.3. The predicted molar refractivity (Wildman–Crippen MR) is 97.6 cm³/mol. The quantitative estimate of drug-likeness (QED) is 0.675.